The first-order valence-electron chi connectivity index (χ1n) is 7.41. The Morgan fingerprint density at radius 1 is 1.38 bits per heavy atom. The van der Waals surface area contributed by atoms with Crippen LogP contribution in [0.2, 0.25) is 0 Å². The molecule has 2 rings (SSSR count). The molecule has 1 amide bonds. The highest BCUT2D eigenvalue weighted by Gasteiger charge is 2.21. The van der Waals surface area contributed by atoms with Crippen molar-refractivity contribution in [3.8, 4) is 0 Å². The molecule has 0 aliphatic carbocycles. The summed E-state index contributed by atoms with van der Waals surface area (Å²) in [5.74, 6) is 0.918. The molecule has 1 heterocycles. The van der Waals surface area contributed by atoms with Crippen LogP contribution < -0.4 is 5.32 Å². The molecule has 5 heteroatoms. The molecule has 1 aliphatic rings. The number of hydrogen-bond acceptors (Lipinski definition) is 2. The van der Waals surface area contributed by atoms with Crippen LogP contribution >= 0.6 is 15.9 Å². The second kappa shape index (κ2) is 7.36. The molecule has 0 spiro atoms. The second-order valence-corrected chi connectivity index (χ2v) is 6.94. The molecule has 116 valence electrons. The number of hydrogen-bond donors (Lipinski definition) is 1. The van der Waals surface area contributed by atoms with Gasteiger partial charge in [-0.3, -0.25) is 4.79 Å². The van der Waals surface area contributed by atoms with Crippen molar-refractivity contribution < 1.29 is 9.18 Å². The van der Waals surface area contributed by atoms with Crippen molar-refractivity contribution in [3.05, 3.63) is 34.1 Å². The molecule has 0 radical (unpaired) electrons. The highest BCUT2D eigenvalue weighted by atomic mass is 79.9. The van der Waals surface area contributed by atoms with Crippen molar-refractivity contribution in [1.29, 1.82) is 0 Å². The Morgan fingerprint density at radius 3 is 2.67 bits per heavy atom. The zero-order valence-electron chi connectivity index (χ0n) is 12.5. The monoisotopic (exact) mass is 356 g/mol. The maximum atomic E-state index is 13.0. The number of carbonyl (C=O) groups excluding carboxylic acids is 1. The number of amides is 1. The summed E-state index contributed by atoms with van der Waals surface area (Å²) < 4.78 is 13.5. The molecule has 2 unspecified atom stereocenters. The van der Waals surface area contributed by atoms with Crippen LogP contribution in [-0.4, -0.2) is 37.0 Å². The molecular weight excluding hydrogens is 335 g/mol. The average Bonchev–Trinajstić information content (AvgIpc) is 2.37. The van der Waals surface area contributed by atoms with E-state index in [0.717, 1.165) is 31.5 Å². The summed E-state index contributed by atoms with van der Waals surface area (Å²) in [6.45, 7) is 8.22. The number of rotatable bonds is 4. The number of likely N-dealkylation sites (tertiary alicyclic amines) is 1. The minimum absolute atomic E-state index is 0.167. The third-order valence-corrected chi connectivity index (χ3v) is 4.49. The predicted molar refractivity (Wildman–Crippen MR) is 85.8 cm³/mol. The molecule has 0 bridgehead atoms. The molecule has 1 fully saturated rings. The van der Waals surface area contributed by atoms with Gasteiger partial charge in [0.25, 0.3) is 5.91 Å². The number of piperidine rings is 1. The Bertz CT molecular complexity index is 499. The van der Waals surface area contributed by atoms with Crippen molar-refractivity contribution in [3.63, 3.8) is 0 Å². The summed E-state index contributed by atoms with van der Waals surface area (Å²) in [5, 5.41) is 2.90. The van der Waals surface area contributed by atoms with Crippen LogP contribution in [0.5, 0.6) is 0 Å². The Kier molecular flexibility index (Phi) is 5.76. The minimum atomic E-state index is -0.352. The highest BCUT2D eigenvalue weighted by molar-refractivity contribution is 9.10. The van der Waals surface area contributed by atoms with E-state index in [1.807, 2.05) is 0 Å². The standard InChI is InChI=1S/C16H22BrFN2O/c1-11-7-12(2)10-20(9-11)6-5-19-16(21)14-4-3-13(18)8-15(14)17/h3-4,8,11-12H,5-7,9-10H2,1-2H3,(H,19,21). The smallest absolute Gasteiger partial charge is 0.252 e. The molecule has 3 nitrogen and oxygen atoms in total. The summed E-state index contributed by atoms with van der Waals surface area (Å²) >= 11 is 3.22. The molecule has 1 N–H and O–H groups in total. The van der Waals surface area contributed by atoms with Crippen LogP contribution in [0.1, 0.15) is 30.6 Å². The van der Waals surface area contributed by atoms with Gasteiger partial charge < -0.3 is 10.2 Å². The maximum absolute atomic E-state index is 13.0. The normalized spacial score (nSPS) is 23.0. The van der Waals surface area contributed by atoms with Gasteiger partial charge in [-0.1, -0.05) is 13.8 Å². The largest absolute Gasteiger partial charge is 0.351 e. The Labute approximate surface area is 134 Å². The van der Waals surface area contributed by atoms with Gasteiger partial charge in [0.15, 0.2) is 0 Å². The van der Waals surface area contributed by atoms with Gasteiger partial charge in [-0.2, -0.15) is 0 Å². The van der Waals surface area contributed by atoms with E-state index in [1.165, 1.54) is 24.6 Å². The predicted octanol–water partition coefficient (Wildman–Crippen LogP) is 3.30. The SMILES string of the molecule is CC1CC(C)CN(CCNC(=O)c2ccc(F)cc2Br)C1. The fraction of sp³-hybridized carbons (Fsp3) is 0.562. The molecule has 1 saturated heterocycles. The molecule has 1 aromatic carbocycles. The lowest BCUT2D eigenvalue weighted by Gasteiger charge is -2.34. The molecule has 0 saturated carbocycles. The van der Waals surface area contributed by atoms with Gasteiger partial charge in [-0.05, 0) is 52.4 Å². The number of carbonyl (C=O) groups is 1. The van der Waals surface area contributed by atoms with E-state index in [9.17, 15) is 9.18 Å². The third-order valence-electron chi connectivity index (χ3n) is 3.83. The second-order valence-electron chi connectivity index (χ2n) is 6.09. The summed E-state index contributed by atoms with van der Waals surface area (Å²) in [4.78, 5) is 14.5. The van der Waals surface area contributed by atoms with Crippen LogP contribution in [0.4, 0.5) is 4.39 Å². The van der Waals surface area contributed by atoms with E-state index in [1.54, 1.807) is 0 Å². The fourth-order valence-electron chi connectivity index (χ4n) is 3.07. The van der Waals surface area contributed by atoms with E-state index >= 15 is 0 Å². The van der Waals surface area contributed by atoms with Crippen LogP contribution in [0, 0.1) is 17.7 Å². The van der Waals surface area contributed by atoms with Gasteiger partial charge in [0, 0.05) is 30.7 Å². The van der Waals surface area contributed by atoms with Crippen molar-refractivity contribution in [2.45, 2.75) is 20.3 Å². The van der Waals surface area contributed by atoms with E-state index < -0.39 is 0 Å². The van der Waals surface area contributed by atoms with Crippen LogP contribution in [0.15, 0.2) is 22.7 Å². The van der Waals surface area contributed by atoms with Crippen molar-refractivity contribution in [2.75, 3.05) is 26.2 Å². The summed E-state index contributed by atoms with van der Waals surface area (Å²) in [6, 6.07) is 4.11. The van der Waals surface area contributed by atoms with Gasteiger partial charge in [0.1, 0.15) is 5.82 Å². The number of halogens is 2. The highest BCUT2D eigenvalue weighted by Crippen LogP contribution is 2.20. The molecule has 1 aliphatic heterocycles. The first-order valence-corrected chi connectivity index (χ1v) is 8.20. The Morgan fingerprint density at radius 2 is 2.05 bits per heavy atom. The van der Waals surface area contributed by atoms with E-state index in [0.29, 0.717) is 16.6 Å². The lowest BCUT2D eigenvalue weighted by molar-refractivity contribution is 0.0936. The maximum Gasteiger partial charge on any atom is 0.252 e. The lowest BCUT2D eigenvalue weighted by Crippen LogP contribution is -2.42. The van der Waals surface area contributed by atoms with Gasteiger partial charge >= 0.3 is 0 Å². The molecule has 2 atom stereocenters. The summed E-state index contributed by atoms with van der Waals surface area (Å²) in [7, 11) is 0. The summed E-state index contributed by atoms with van der Waals surface area (Å²) in [5.41, 5.74) is 0.469. The third kappa shape index (κ3) is 4.78. The van der Waals surface area contributed by atoms with Crippen LogP contribution in [0.25, 0.3) is 0 Å². The topological polar surface area (TPSA) is 32.3 Å². The fourth-order valence-corrected chi connectivity index (χ4v) is 3.60. The van der Waals surface area contributed by atoms with E-state index in [4.69, 9.17) is 0 Å². The van der Waals surface area contributed by atoms with Gasteiger partial charge in [-0.25, -0.2) is 4.39 Å². The van der Waals surface area contributed by atoms with Crippen molar-refractivity contribution >= 4 is 21.8 Å². The van der Waals surface area contributed by atoms with Crippen LogP contribution in [0.3, 0.4) is 0 Å². The minimum Gasteiger partial charge on any atom is -0.351 e. The molecule has 0 aromatic heterocycles. The van der Waals surface area contributed by atoms with Crippen molar-refractivity contribution in [2.24, 2.45) is 11.8 Å². The van der Waals surface area contributed by atoms with Gasteiger partial charge in [0.05, 0.1) is 5.56 Å². The molecule has 1 aromatic rings. The number of nitrogens with zero attached hydrogens (tertiary/aromatic N) is 1. The molecular formula is C16H22BrFN2O. The first kappa shape index (κ1) is 16.4. The van der Waals surface area contributed by atoms with E-state index in [2.05, 4.69) is 40.0 Å². The quantitative estimate of drug-likeness (QED) is 0.897. The van der Waals surface area contributed by atoms with Crippen molar-refractivity contribution in [1.82, 2.24) is 10.2 Å². The average molecular weight is 357 g/mol. The Balaban J connectivity index is 1.81. The number of benzene rings is 1. The van der Waals surface area contributed by atoms with Gasteiger partial charge in [-0.15, -0.1) is 0 Å². The first-order chi connectivity index (χ1) is 9.95. The lowest BCUT2D eigenvalue weighted by atomic mass is 9.92. The van der Waals surface area contributed by atoms with Crippen LogP contribution in [-0.2, 0) is 0 Å². The number of nitrogens with one attached hydrogen (secondary N) is 1. The van der Waals surface area contributed by atoms with E-state index in [-0.39, 0.29) is 11.7 Å². The Hall–Kier alpha value is -0.940. The van der Waals surface area contributed by atoms with Gasteiger partial charge in [0.2, 0.25) is 0 Å². The zero-order valence-corrected chi connectivity index (χ0v) is 14.1. The zero-order chi connectivity index (χ0) is 15.4. The summed E-state index contributed by atoms with van der Waals surface area (Å²) in [6.07, 6.45) is 1.28. The molecule has 21 heavy (non-hydrogen) atoms.